The van der Waals surface area contributed by atoms with Crippen LogP contribution in [-0.2, 0) is 0 Å². The lowest BCUT2D eigenvalue weighted by molar-refractivity contribution is 0.0941. The van der Waals surface area contributed by atoms with E-state index >= 15 is 0 Å². The second-order valence-corrected chi connectivity index (χ2v) is 6.45. The molecule has 1 aromatic heterocycles. The van der Waals surface area contributed by atoms with Gasteiger partial charge < -0.3 is 5.32 Å². The molecule has 0 saturated carbocycles. The highest BCUT2D eigenvalue weighted by Gasteiger charge is 2.25. The van der Waals surface area contributed by atoms with Crippen molar-refractivity contribution in [1.82, 2.24) is 14.8 Å². The lowest BCUT2D eigenvalue weighted by atomic mass is 9.97. The fourth-order valence-corrected chi connectivity index (χ4v) is 3.49. The maximum atomic E-state index is 12.0. The Morgan fingerprint density at radius 1 is 1.26 bits per heavy atom. The van der Waals surface area contributed by atoms with Crippen molar-refractivity contribution < 1.29 is 4.79 Å². The summed E-state index contributed by atoms with van der Waals surface area (Å²) in [6.45, 7) is 11.9. The molecule has 4 nitrogen and oxygen atoms in total. The Bertz CT molecular complexity index is 725. The van der Waals surface area contributed by atoms with Crippen molar-refractivity contribution in [2.24, 2.45) is 0 Å². The number of nitrogens with one attached hydrogen (secondary N) is 1. The van der Waals surface area contributed by atoms with Crippen LogP contribution in [0.5, 0.6) is 0 Å². The maximum absolute atomic E-state index is 12.0. The summed E-state index contributed by atoms with van der Waals surface area (Å²) < 4.78 is 1.78. The van der Waals surface area contributed by atoms with Crippen LogP contribution in [-0.4, -0.2) is 41.6 Å². The first-order valence-electron chi connectivity index (χ1n) is 8.28. The third kappa shape index (κ3) is 3.23. The molecular weight excluding hydrogens is 286 g/mol. The Morgan fingerprint density at radius 3 is 2.61 bits per heavy atom. The number of piperazine rings is 1. The van der Waals surface area contributed by atoms with Gasteiger partial charge in [0.1, 0.15) is 0 Å². The first-order valence-corrected chi connectivity index (χ1v) is 8.28. The molecular formula is C19H25N3O. The number of carbonyl (C=O) groups is 1. The van der Waals surface area contributed by atoms with Gasteiger partial charge >= 0.3 is 0 Å². The van der Waals surface area contributed by atoms with E-state index in [0.717, 1.165) is 38.1 Å². The van der Waals surface area contributed by atoms with Gasteiger partial charge in [-0.3, -0.25) is 14.3 Å². The van der Waals surface area contributed by atoms with Gasteiger partial charge in [-0.2, -0.15) is 0 Å². The van der Waals surface area contributed by atoms with Crippen molar-refractivity contribution in [2.75, 3.05) is 26.2 Å². The van der Waals surface area contributed by atoms with Crippen LogP contribution in [0.25, 0.3) is 10.9 Å². The minimum Gasteiger partial charge on any atom is -0.314 e. The molecule has 2 aromatic rings. The van der Waals surface area contributed by atoms with E-state index in [2.05, 4.69) is 29.8 Å². The van der Waals surface area contributed by atoms with E-state index in [4.69, 9.17) is 0 Å². The molecule has 4 heteroatoms. The number of carbonyl (C=O) groups excluding carboxylic acids is 1. The van der Waals surface area contributed by atoms with E-state index in [1.165, 1.54) is 16.5 Å². The van der Waals surface area contributed by atoms with E-state index in [9.17, 15) is 4.79 Å². The van der Waals surface area contributed by atoms with Crippen molar-refractivity contribution >= 4 is 16.8 Å². The van der Waals surface area contributed by atoms with E-state index in [1.54, 1.807) is 11.5 Å². The molecule has 0 amide bonds. The van der Waals surface area contributed by atoms with Crippen LogP contribution in [0.4, 0.5) is 0 Å². The summed E-state index contributed by atoms with van der Waals surface area (Å²) >= 11 is 0. The van der Waals surface area contributed by atoms with Crippen molar-refractivity contribution in [1.29, 1.82) is 0 Å². The molecule has 122 valence electrons. The van der Waals surface area contributed by atoms with Crippen molar-refractivity contribution in [2.45, 2.75) is 26.3 Å². The summed E-state index contributed by atoms with van der Waals surface area (Å²) in [6.07, 6.45) is 2.95. The standard InChI is InChI=1S/C19H25N3O/c1-14(2)12-19(21-10-8-20-9-11-21)17-13-22(15(3)23)18-7-5-4-6-16(17)18/h4-7,13,19-20H,1,8-12H2,2-3H3/t19-/m0/s1. The minimum atomic E-state index is 0.0573. The highest BCUT2D eigenvalue weighted by Crippen LogP contribution is 2.34. The molecule has 0 radical (unpaired) electrons. The highest BCUT2D eigenvalue weighted by molar-refractivity contribution is 5.93. The molecule has 0 unspecified atom stereocenters. The maximum Gasteiger partial charge on any atom is 0.227 e. The smallest absolute Gasteiger partial charge is 0.227 e. The zero-order chi connectivity index (χ0) is 16.4. The highest BCUT2D eigenvalue weighted by atomic mass is 16.1. The van der Waals surface area contributed by atoms with Gasteiger partial charge in [0.15, 0.2) is 0 Å². The van der Waals surface area contributed by atoms with Gasteiger partial charge in [0.2, 0.25) is 5.91 Å². The lowest BCUT2D eigenvalue weighted by Crippen LogP contribution is -2.45. The topological polar surface area (TPSA) is 37.3 Å². The average molecular weight is 311 g/mol. The molecule has 0 bridgehead atoms. The summed E-state index contributed by atoms with van der Waals surface area (Å²) in [5.41, 5.74) is 3.41. The molecule has 1 aliphatic rings. The molecule has 1 N–H and O–H groups in total. The molecule has 3 rings (SSSR count). The number of aromatic nitrogens is 1. The number of hydrogen-bond donors (Lipinski definition) is 1. The predicted molar refractivity (Wildman–Crippen MR) is 94.9 cm³/mol. The van der Waals surface area contributed by atoms with Crippen LogP contribution in [0.3, 0.4) is 0 Å². The van der Waals surface area contributed by atoms with Crippen LogP contribution in [0, 0.1) is 0 Å². The summed E-state index contributed by atoms with van der Waals surface area (Å²) in [5, 5.41) is 4.59. The molecule has 2 heterocycles. The van der Waals surface area contributed by atoms with E-state index in [1.807, 2.05) is 24.4 Å². The van der Waals surface area contributed by atoms with Crippen LogP contribution in [0.15, 0.2) is 42.6 Å². The fourth-order valence-electron chi connectivity index (χ4n) is 3.49. The van der Waals surface area contributed by atoms with Gasteiger partial charge in [-0.25, -0.2) is 0 Å². The van der Waals surface area contributed by atoms with Gasteiger partial charge in [0.25, 0.3) is 0 Å². The Kier molecular flexibility index (Phi) is 4.64. The van der Waals surface area contributed by atoms with Crippen LogP contribution in [0.2, 0.25) is 0 Å². The van der Waals surface area contributed by atoms with Gasteiger partial charge in [-0.15, -0.1) is 6.58 Å². The second kappa shape index (κ2) is 6.69. The number of benzene rings is 1. The minimum absolute atomic E-state index is 0.0573. The van der Waals surface area contributed by atoms with Gasteiger partial charge in [-0.1, -0.05) is 23.8 Å². The second-order valence-electron chi connectivity index (χ2n) is 6.45. The lowest BCUT2D eigenvalue weighted by Gasteiger charge is -2.35. The Labute approximate surface area is 137 Å². The summed E-state index contributed by atoms with van der Waals surface area (Å²) in [6, 6.07) is 8.46. The molecule has 1 atom stereocenters. The Balaban J connectivity index is 2.09. The third-order valence-corrected chi connectivity index (χ3v) is 4.58. The van der Waals surface area contributed by atoms with E-state index in [-0.39, 0.29) is 11.9 Å². The van der Waals surface area contributed by atoms with Crippen molar-refractivity contribution in [3.8, 4) is 0 Å². The van der Waals surface area contributed by atoms with Crippen molar-refractivity contribution in [3.05, 3.63) is 48.2 Å². The molecule has 1 aliphatic heterocycles. The quantitative estimate of drug-likeness (QED) is 0.881. The molecule has 1 aromatic carbocycles. The van der Waals surface area contributed by atoms with E-state index < -0.39 is 0 Å². The number of rotatable bonds is 4. The van der Waals surface area contributed by atoms with Crippen LogP contribution < -0.4 is 5.32 Å². The number of fused-ring (bicyclic) bond motifs is 1. The van der Waals surface area contributed by atoms with Gasteiger partial charge in [-0.05, 0) is 25.0 Å². The zero-order valence-electron chi connectivity index (χ0n) is 14.0. The Hall–Kier alpha value is -1.91. The molecule has 23 heavy (non-hydrogen) atoms. The van der Waals surface area contributed by atoms with Crippen LogP contribution >= 0.6 is 0 Å². The first-order chi connectivity index (χ1) is 11.1. The van der Waals surface area contributed by atoms with Crippen LogP contribution in [0.1, 0.15) is 36.7 Å². The molecule has 0 spiro atoms. The zero-order valence-corrected chi connectivity index (χ0v) is 14.0. The summed E-state index contributed by atoms with van der Waals surface area (Å²) in [7, 11) is 0. The normalized spacial score (nSPS) is 17.3. The molecule has 1 fully saturated rings. The van der Waals surface area contributed by atoms with E-state index in [0.29, 0.717) is 0 Å². The summed E-state index contributed by atoms with van der Waals surface area (Å²) in [4.78, 5) is 14.5. The number of hydrogen-bond acceptors (Lipinski definition) is 3. The molecule has 1 saturated heterocycles. The Morgan fingerprint density at radius 2 is 1.96 bits per heavy atom. The van der Waals surface area contributed by atoms with Gasteiger partial charge in [0.05, 0.1) is 5.52 Å². The number of para-hydroxylation sites is 1. The average Bonchev–Trinajstić information content (AvgIpc) is 2.93. The fraction of sp³-hybridized carbons (Fsp3) is 0.421. The van der Waals surface area contributed by atoms with Gasteiger partial charge in [0, 0.05) is 50.7 Å². The predicted octanol–water partition coefficient (Wildman–Crippen LogP) is 3.21. The largest absolute Gasteiger partial charge is 0.314 e. The third-order valence-electron chi connectivity index (χ3n) is 4.58. The summed E-state index contributed by atoms with van der Waals surface area (Å²) in [5.74, 6) is 0.0573. The van der Waals surface area contributed by atoms with Crippen molar-refractivity contribution in [3.63, 3.8) is 0 Å². The monoisotopic (exact) mass is 311 g/mol. The number of nitrogens with zero attached hydrogens (tertiary/aromatic N) is 2. The first kappa shape index (κ1) is 16.0. The molecule has 0 aliphatic carbocycles. The SMILES string of the molecule is C=C(C)C[C@@H](c1cn(C(C)=O)c2ccccc12)N1CCNCC1.